The van der Waals surface area contributed by atoms with Gasteiger partial charge in [0, 0.05) is 27.2 Å². The van der Waals surface area contributed by atoms with Gasteiger partial charge in [0.05, 0.1) is 13.7 Å². The monoisotopic (exact) mass is 420 g/mol. The Hall–Kier alpha value is -2.46. The minimum atomic E-state index is -3.80. The highest BCUT2D eigenvalue weighted by Crippen LogP contribution is 2.25. The predicted molar refractivity (Wildman–Crippen MR) is 112 cm³/mol. The maximum Gasteiger partial charge on any atom is 0.244 e. The lowest BCUT2D eigenvalue weighted by atomic mass is 10.1. The fourth-order valence-corrected chi connectivity index (χ4v) is 4.37. The number of nitrogens with one attached hydrogen (secondary N) is 1. The summed E-state index contributed by atoms with van der Waals surface area (Å²) in [6.07, 6.45) is 3.39. The predicted octanol–water partition coefficient (Wildman–Crippen LogP) is 1.72. The van der Waals surface area contributed by atoms with Crippen LogP contribution >= 0.6 is 0 Å². The summed E-state index contributed by atoms with van der Waals surface area (Å²) in [4.78, 5) is 17.5. The Morgan fingerprint density at radius 1 is 1.14 bits per heavy atom. The third kappa shape index (κ3) is 5.13. The molecule has 1 aromatic carbocycles. The second-order valence-corrected chi connectivity index (χ2v) is 9.01. The summed E-state index contributed by atoms with van der Waals surface area (Å²) in [5, 5.41) is 0. The Morgan fingerprint density at radius 2 is 1.86 bits per heavy atom. The van der Waals surface area contributed by atoms with Gasteiger partial charge in [-0.05, 0) is 43.9 Å². The number of aryl methyl sites for hydroxylation is 1. The van der Waals surface area contributed by atoms with Crippen LogP contribution in [0.5, 0.6) is 5.75 Å². The lowest BCUT2D eigenvalue weighted by Gasteiger charge is -2.27. The van der Waals surface area contributed by atoms with E-state index < -0.39 is 10.0 Å². The van der Waals surface area contributed by atoms with E-state index in [-0.39, 0.29) is 11.4 Å². The van der Waals surface area contributed by atoms with Crippen molar-refractivity contribution in [2.24, 2.45) is 0 Å². The van der Waals surface area contributed by atoms with Crippen molar-refractivity contribution < 1.29 is 13.2 Å². The first-order valence-corrected chi connectivity index (χ1v) is 11.1. The van der Waals surface area contributed by atoms with Crippen molar-refractivity contribution in [3.05, 3.63) is 29.6 Å². The van der Waals surface area contributed by atoms with Crippen molar-refractivity contribution in [3.63, 3.8) is 0 Å². The molecule has 2 aromatic rings. The molecular formula is C19H28N6O3S. The molecule has 2 heterocycles. The zero-order chi connectivity index (χ0) is 21.0. The van der Waals surface area contributed by atoms with Gasteiger partial charge in [-0.1, -0.05) is 6.07 Å². The van der Waals surface area contributed by atoms with Crippen LogP contribution in [0.15, 0.2) is 23.1 Å². The summed E-state index contributed by atoms with van der Waals surface area (Å²) in [7, 11) is 1.35. The average Bonchev–Trinajstić information content (AvgIpc) is 2.72. The Morgan fingerprint density at radius 3 is 2.52 bits per heavy atom. The van der Waals surface area contributed by atoms with Crippen LogP contribution in [0.25, 0.3) is 0 Å². The van der Waals surface area contributed by atoms with Crippen molar-refractivity contribution in [2.45, 2.75) is 37.6 Å². The molecule has 0 saturated carbocycles. The molecule has 9 nitrogen and oxygen atoms in total. The standard InChI is InChI=1S/C19H28N6O3S/c1-14-8-9-15(28-4)16(12-14)29(26,27)20-13-17-21-18(24(2)3)23-19(22-17)25-10-6-5-7-11-25/h8-9,12,20H,5-7,10-11,13H2,1-4H3. The van der Waals surface area contributed by atoms with Gasteiger partial charge in [0.15, 0.2) is 5.82 Å². The number of benzene rings is 1. The van der Waals surface area contributed by atoms with E-state index in [1.807, 2.05) is 21.0 Å². The Kier molecular flexibility index (Phi) is 6.53. The van der Waals surface area contributed by atoms with Crippen LogP contribution < -0.4 is 19.3 Å². The van der Waals surface area contributed by atoms with E-state index in [2.05, 4.69) is 24.6 Å². The molecule has 0 bridgehead atoms. The van der Waals surface area contributed by atoms with Crippen LogP contribution in [0.3, 0.4) is 0 Å². The number of aromatic nitrogens is 3. The summed E-state index contributed by atoms with van der Waals surface area (Å²) in [6, 6.07) is 5.03. The average molecular weight is 421 g/mol. The van der Waals surface area contributed by atoms with Crippen molar-refractivity contribution in [3.8, 4) is 5.75 Å². The Labute approximate surface area is 172 Å². The number of hydrogen-bond donors (Lipinski definition) is 1. The zero-order valence-electron chi connectivity index (χ0n) is 17.3. The molecule has 0 amide bonds. The first-order chi connectivity index (χ1) is 13.8. The Balaban J connectivity index is 1.85. The van der Waals surface area contributed by atoms with Gasteiger partial charge < -0.3 is 14.5 Å². The molecule has 0 atom stereocenters. The van der Waals surface area contributed by atoms with E-state index in [9.17, 15) is 8.42 Å². The van der Waals surface area contributed by atoms with Crippen LogP contribution in [-0.2, 0) is 16.6 Å². The molecule has 10 heteroatoms. The van der Waals surface area contributed by atoms with Gasteiger partial charge in [-0.3, -0.25) is 0 Å². The molecule has 0 aliphatic carbocycles. The van der Waals surface area contributed by atoms with Gasteiger partial charge in [0.1, 0.15) is 10.6 Å². The van der Waals surface area contributed by atoms with Crippen LogP contribution in [0.1, 0.15) is 30.7 Å². The maximum atomic E-state index is 12.9. The number of methoxy groups -OCH3 is 1. The molecule has 0 radical (unpaired) electrons. The maximum absolute atomic E-state index is 12.9. The van der Waals surface area contributed by atoms with E-state index in [1.54, 1.807) is 23.1 Å². The summed E-state index contributed by atoms with van der Waals surface area (Å²) >= 11 is 0. The number of nitrogens with zero attached hydrogens (tertiary/aromatic N) is 5. The summed E-state index contributed by atoms with van der Waals surface area (Å²) < 4.78 is 33.5. The quantitative estimate of drug-likeness (QED) is 0.723. The molecule has 29 heavy (non-hydrogen) atoms. The smallest absolute Gasteiger partial charge is 0.244 e. The second-order valence-electron chi connectivity index (χ2n) is 7.27. The molecule has 3 rings (SSSR count). The molecular weight excluding hydrogens is 392 g/mol. The van der Waals surface area contributed by atoms with Crippen molar-refractivity contribution in [1.29, 1.82) is 0 Å². The molecule has 1 aliphatic heterocycles. The van der Waals surface area contributed by atoms with Gasteiger partial charge in [-0.2, -0.15) is 15.0 Å². The summed E-state index contributed by atoms with van der Waals surface area (Å²) in [5.74, 6) is 1.76. The summed E-state index contributed by atoms with van der Waals surface area (Å²) in [5.41, 5.74) is 0.827. The Bertz CT molecular complexity index is 958. The molecule has 158 valence electrons. The summed E-state index contributed by atoms with van der Waals surface area (Å²) in [6.45, 7) is 3.58. The zero-order valence-corrected chi connectivity index (χ0v) is 18.2. The third-order valence-corrected chi connectivity index (χ3v) is 6.15. The molecule has 1 aromatic heterocycles. The lowest BCUT2D eigenvalue weighted by Crippen LogP contribution is -2.33. The molecule has 1 N–H and O–H groups in total. The van der Waals surface area contributed by atoms with E-state index in [1.165, 1.54) is 13.5 Å². The van der Waals surface area contributed by atoms with Crippen LogP contribution in [0, 0.1) is 6.92 Å². The highest BCUT2D eigenvalue weighted by Gasteiger charge is 2.22. The number of ether oxygens (including phenoxy) is 1. The molecule has 1 aliphatic rings. The van der Waals surface area contributed by atoms with Gasteiger partial charge in [-0.25, -0.2) is 13.1 Å². The van der Waals surface area contributed by atoms with Crippen LogP contribution in [0.4, 0.5) is 11.9 Å². The van der Waals surface area contributed by atoms with E-state index in [4.69, 9.17) is 4.74 Å². The van der Waals surface area contributed by atoms with Gasteiger partial charge >= 0.3 is 0 Å². The van der Waals surface area contributed by atoms with E-state index >= 15 is 0 Å². The van der Waals surface area contributed by atoms with Gasteiger partial charge in [-0.15, -0.1) is 0 Å². The van der Waals surface area contributed by atoms with Crippen molar-refractivity contribution in [1.82, 2.24) is 19.7 Å². The highest BCUT2D eigenvalue weighted by atomic mass is 32.2. The molecule has 0 spiro atoms. The first kappa shape index (κ1) is 21.3. The van der Waals surface area contributed by atoms with Gasteiger partial charge in [0.2, 0.25) is 21.9 Å². The molecule has 1 fully saturated rings. The fraction of sp³-hybridized carbons (Fsp3) is 0.526. The van der Waals surface area contributed by atoms with Crippen LogP contribution in [0.2, 0.25) is 0 Å². The highest BCUT2D eigenvalue weighted by molar-refractivity contribution is 7.89. The normalized spacial score (nSPS) is 14.7. The van der Waals surface area contributed by atoms with E-state index in [0.717, 1.165) is 31.5 Å². The number of anilines is 2. The SMILES string of the molecule is COc1ccc(C)cc1S(=O)(=O)NCc1nc(N(C)C)nc(N2CCCCC2)n1. The second kappa shape index (κ2) is 8.91. The molecule has 0 unspecified atom stereocenters. The minimum absolute atomic E-state index is 0.0381. The lowest BCUT2D eigenvalue weighted by molar-refractivity contribution is 0.402. The van der Waals surface area contributed by atoms with Crippen molar-refractivity contribution in [2.75, 3.05) is 44.1 Å². The van der Waals surface area contributed by atoms with Crippen molar-refractivity contribution >= 4 is 21.9 Å². The van der Waals surface area contributed by atoms with Crippen LogP contribution in [-0.4, -0.2) is 57.7 Å². The van der Waals surface area contributed by atoms with E-state index in [0.29, 0.717) is 23.5 Å². The molecule has 1 saturated heterocycles. The fourth-order valence-electron chi connectivity index (χ4n) is 3.14. The third-order valence-electron chi connectivity index (χ3n) is 4.73. The topological polar surface area (TPSA) is 101 Å². The largest absolute Gasteiger partial charge is 0.495 e. The first-order valence-electron chi connectivity index (χ1n) is 9.61. The number of sulfonamides is 1. The number of rotatable bonds is 7. The minimum Gasteiger partial charge on any atom is -0.495 e. The number of hydrogen-bond acceptors (Lipinski definition) is 8. The number of piperidine rings is 1. The van der Waals surface area contributed by atoms with Gasteiger partial charge in [0.25, 0.3) is 0 Å².